The van der Waals surface area contributed by atoms with Crippen molar-refractivity contribution < 1.29 is 4.74 Å². The van der Waals surface area contributed by atoms with Gasteiger partial charge in [0.25, 0.3) is 0 Å². The highest BCUT2D eigenvalue weighted by molar-refractivity contribution is 9.10. The van der Waals surface area contributed by atoms with Gasteiger partial charge in [-0.1, -0.05) is 18.2 Å². The first kappa shape index (κ1) is 10.7. The predicted octanol–water partition coefficient (Wildman–Crippen LogP) is 2.79. The molecule has 0 bridgehead atoms. The highest BCUT2D eigenvalue weighted by Crippen LogP contribution is 2.36. The average Bonchev–Trinajstić information content (AvgIpc) is 2.29. The number of pyridine rings is 1. The largest absolute Gasteiger partial charge is 0.377 e. The van der Waals surface area contributed by atoms with E-state index in [0.29, 0.717) is 13.2 Å². The van der Waals surface area contributed by atoms with E-state index >= 15 is 0 Å². The Labute approximate surface area is 107 Å². The maximum absolute atomic E-state index is 9.31. The standard InChI is InChI=1S/C13H9BrN2O/c14-12-10(13(6-15)7-17-8-13)5-9-3-1-2-4-11(9)16-12/h1-5H,7-8H2. The Bertz CT molecular complexity index is 629. The van der Waals surface area contributed by atoms with Crippen molar-refractivity contribution in [1.82, 2.24) is 4.98 Å². The fraction of sp³-hybridized carbons (Fsp3) is 0.231. The summed E-state index contributed by atoms with van der Waals surface area (Å²) >= 11 is 3.45. The van der Waals surface area contributed by atoms with Crippen LogP contribution in [0.1, 0.15) is 5.56 Å². The van der Waals surface area contributed by atoms with E-state index in [0.717, 1.165) is 21.1 Å². The molecule has 1 fully saturated rings. The lowest BCUT2D eigenvalue weighted by Crippen LogP contribution is -2.45. The molecule has 1 aliphatic rings. The Morgan fingerprint density at radius 1 is 1.35 bits per heavy atom. The number of ether oxygens (including phenoxy) is 1. The number of para-hydroxylation sites is 1. The number of aromatic nitrogens is 1. The number of fused-ring (bicyclic) bond motifs is 1. The summed E-state index contributed by atoms with van der Waals surface area (Å²) < 4.78 is 5.92. The van der Waals surface area contributed by atoms with Crippen LogP contribution in [0.5, 0.6) is 0 Å². The highest BCUT2D eigenvalue weighted by Gasteiger charge is 2.42. The Morgan fingerprint density at radius 2 is 2.12 bits per heavy atom. The second-order valence-corrected chi connectivity index (χ2v) is 4.96. The maximum atomic E-state index is 9.31. The van der Waals surface area contributed by atoms with E-state index in [-0.39, 0.29) is 0 Å². The summed E-state index contributed by atoms with van der Waals surface area (Å²) in [6.45, 7) is 0.893. The zero-order valence-corrected chi connectivity index (χ0v) is 10.6. The molecule has 0 atom stereocenters. The van der Waals surface area contributed by atoms with E-state index in [2.05, 4.69) is 27.0 Å². The summed E-state index contributed by atoms with van der Waals surface area (Å²) in [5.41, 5.74) is 1.32. The van der Waals surface area contributed by atoms with Crippen LogP contribution in [0, 0.1) is 11.3 Å². The second kappa shape index (κ2) is 3.80. The number of hydrogen-bond donors (Lipinski definition) is 0. The maximum Gasteiger partial charge on any atom is 0.131 e. The number of hydrogen-bond acceptors (Lipinski definition) is 3. The molecule has 84 valence electrons. The third kappa shape index (κ3) is 1.54. The fourth-order valence-electron chi connectivity index (χ4n) is 2.01. The zero-order valence-electron chi connectivity index (χ0n) is 8.98. The number of nitrogens with zero attached hydrogens (tertiary/aromatic N) is 2. The first-order valence-corrected chi connectivity index (χ1v) is 6.09. The normalized spacial score (nSPS) is 17.4. The summed E-state index contributed by atoms with van der Waals surface area (Å²) in [6, 6.07) is 12.3. The first-order valence-electron chi connectivity index (χ1n) is 5.30. The van der Waals surface area contributed by atoms with Crippen LogP contribution in [-0.2, 0) is 10.2 Å². The lowest BCUT2D eigenvalue weighted by molar-refractivity contribution is -0.0302. The molecule has 17 heavy (non-hydrogen) atoms. The Balaban J connectivity index is 2.24. The molecule has 0 spiro atoms. The van der Waals surface area contributed by atoms with E-state index < -0.39 is 5.41 Å². The van der Waals surface area contributed by atoms with Gasteiger partial charge in [0.15, 0.2) is 0 Å². The van der Waals surface area contributed by atoms with Gasteiger partial charge in [0.05, 0.1) is 24.8 Å². The molecule has 2 heterocycles. The molecule has 0 N–H and O–H groups in total. The molecule has 1 aliphatic heterocycles. The van der Waals surface area contributed by atoms with E-state index in [9.17, 15) is 5.26 Å². The third-order valence-corrected chi connectivity index (χ3v) is 3.71. The summed E-state index contributed by atoms with van der Waals surface area (Å²) in [7, 11) is 0. The topological polar surface area (TPSA) is 45.9 Å². The van der Waals surface area contributed by atoms with Crippen LogP contribution < -0.4 is 0 Å². The van der Waals surface area contributed by atoms with Gasteiger partial charge in [0, 0.05) is 10.9 Å². The van der Waals surface area contributed by atoms with Gasteiger partial charge in [0.2, 0.25) is 0 Å². The van der Waals surface area contributed by atoms with E-state index in [1.54, 1.807) is 0 Å². The van der Waals surface area contributed by atoms with Gasteiger partial charge in [-0.15, -0.1) is 0 Å². The van der Waals surface area contributed by atoms with Crippen LogP contribution in [0.3, 0.4) is 0 Å². The van der Waals surface area contributed by atoms with Gasteiger partial charge in [-0.05, 0) is 28.1 Å². The molecule has 3 nitrogen and oxygen atoms in total. The molecule has 1 saturated heterocycles. The Hall–Kier alpha value is -1.44. The van der Waals surface area contributed by atoms with Crippen molar-refractivity contribution in [3.63, 3.8) is 0 Å². The van der Waals surface area contributed by atoms with Crippen molar-refractivity contribution in [2.45, 2.75) is 5.41 Å². The van der Waals surface area contributed by atoms with Crippen molar-refractivity contribution in [1.29, 1.82) is 5.26 Å². The van der Waals surface area contributed by atoms with E-state index in [1.807, 2.05) is 30.3 Å². The molecule has 0 aliphatic carbocycles. The SMILES string of the molecule is N#CC1(c2cc3ccccc3nc2Br)COC1. The van der Waals surface area contributed by atoms with Gasteiger partial charge >= 0.3 is 0 Å². The van der Waals surface area contributed by atoms with Crippen LogP contribution in [-0.4, -0.2) is 18.2 Å². The molecular weight excluding hydrogens is 280 g/mol. The van der Waals surface area contributed by atoms with Crippen LogP contribution >= 0.6 is 15.9 Å². The molecule has 1 aromatic heterocycles. The minimum absolute atomic E-state index is 0.447. The van der Waals surface area contributed by atoms with E-state index in [4.69, 9.17) is 4.74 Å². The molecule has 2 aromatic rings. The van der Waals surface area contributed by atoms with Crippen LogP contribution in [0.4, 0.5) is 0 Å². The van der Waals surface area contributed by atoms with Gasteiger partial charge in [0.1, 0.15) is 10.0 Å². The molecule has 0 radical (unpaired) electrons. The average molecular weight is 289 g/mol. The van der Waals surface area contributed by atoms with Crippen molar-refractivity contribution in [3.05, 3.63) is 40.5 Å². The monoisotopic (exact) mass is 288 g/mol. The first-order chi connectivity index (χ1) is 8.25. The molecule has 0 unspecified atom stereocenters. The predicted molar refractivity (Wildman–Crippen MR) is 67.6 cm³/mol. The van der Waals surface area contributed by atoms with Gasteiger partial charge in [-0.3, -0.25) is 0 Å². The van der Waals surface area contributed by atoms with Crippen molar-refractivity contribution in [3.8, 4) is 6.07 Å². The van der Waals surface area contributed by atoms with Crippen molar-refractivity contribution >= 4 is 26.8 Å². The van der Waals surface area contributed by atoms with Gasteiger partial charge in [-0.2, -0.15) is 5.26 Å². The van der Waals surface area contributed by atoms with Crippen LogP contribution in [0.15, 0.2) is 34.9 Å². The lowest BCUT2D eigenvalue weighted by Gasteiger charge is -2.35. The summed E-state index contributed by atoms with van der Waals surface area (Å²) in [5, 5.41) is 10.4. The van der Waals surface area contributed by atoms with Crippen LogP contribution in [0.2, 0.25) is 0 Å². The minimum atomic E-state index is -0.532. The number of rotatable bonds is 1. The minimum Gasteiger partial charge on any atom is -0.377 e. The molecule has 3 rings (SSSR count). The summed E-state index contributed by atoms with van der Waals surface area (Å²) in [4.78, 5) is 4.48. The molecule has 4 heteroatoms. The van der Waals surface area contributed by atoms with Gasteiger partial charge < -0.3 is 4.74 Å². The van der Waals surface area contributed by atoms with Crippen molar-refractivity contribution in [2.75, 3.05) is 13.2 Å². The summed E-state index contributed by atoms with van der Waals surface area (Å²) in [6.07, 6.45) is 0. The Morgan fingerprint density at radius 3 is 2.76 bits per heavy atom. The summed E-state index contributed by atoms with van der Waals surface area (Å²) in [5.74, 6) is 0. The Kier molecular flexibility index (Phi) is 2.39. The zero-order chi connectivity index (χ0) is 11.9. The number of nitriles is 1. The quantitative estimate of drug-likeness (QED) is 0.758. The smallest absolute Gasteiger partial charge is 0.131 e. The van der Waals surface area contributed by atoms with Crippen LogP contribution in [0.25, 0.3) is 10.9 Å². The number of halogens is 1. The molecule has 1 aromatic carbocycles. The highest BCUT2D eigenvalue weighted by atomic mass is 79.9. The lowest BCUT2D eigenvalue weighted by atomic mass is 9.80. The molecule has 0 saturated carbocycles. The molecule has 0 amide bonds. The second-order valence-electron chi connectivity index (χ2n) is 4.21. The third-order valence-electron chi connectivity index (χ3n) is 3.10. The van der Waals surface area contributed by atoms with Gasteiger partial charge in [-0.25, -0.2) is 4.98 Å². The van der Waals surface area contributed by atoms with E-state index in [1.165, 1.54) is 0 Å². The van der Waals surface area contributed by atoms with Crippen molar-refractivity contribution in [2.24, 2.45) is 0 Å². The molecular formula is C13H9BrN2O. The fourth-order valence-corrected chi connectivity index (χ4v) is 2.70. The number of benzene rings is 1.